The van der Waals surface area contributed by atoms with Crippen LogP contribution in [0.2, 0.25) is 0 Å². The van der Waals surface area contributed by atoms with E-state index < -0.39 is 0 Å². The molecule has 0 aromatic rings. The van der Waals surface area contributed by atoms with Crippen molar-refractivity contribution in [2.24, 2.45) is 0 Å². The first-order chi connectivity index (χ1) is 54.5. The molecule has 0 spiro atoms. The van der Waals surface area contributed by atoms with Crippen LogP contribution in [0.4, 0.5) is 0 Å². The van der Waals surface area contributed by atoms with E-state index in [0.717, 1.165) is 167 Å². The van der Waals surface area contributed by atoms with Gasteiger partial charge in [-0.15, -0.1) is 13.2 Å². The third-order valence-corrected chi connectivity index (χ3v) is 14.7. The molecule has 0 radical (unpaired) electrons. The Kier molecular flexibility index (Phi) is 138. The minimum Gasteiger partial charge on any atom is -0.463 e. The van der Waals surface area contributed by atoms with Crippen LogP contribution < -0.4 is 0 Å². The summed E-state index contributed by atoms with van der Waals surface area (Å²) in [6.07, 6.45) is 53.9. The number of carbonyl (C=O) groups is 8. The predicted molar refractivity (Wildman–Crippen MR) is 467 cm³/mol. The normalized spacial score (nSPS) is 9.42. The molecule has 0 saturated heterocycles. The molecule has 0 fully saturated rings. The molecule has 0 bridgehead atoms. The van der Waals surface area contributed by atoms with Crippen molar-refractivity contribution in [1.82, 2.24) is 0 Å². The average Bonchev–Trinajstić information content (AvgIpc) is 3.07. The van der Waals surface area contributed by atoms with E-state index in [4.69, 9.17) is 56.8 Å². The number of carbonyl (C=O) groups excluding carboxylic acids is 8. The van der Waals surface area contributed by atoms with Crippen LogP contribution in [0, 0.1) is 0 Å². The average molecular weight is 1610 g/mol. The third-order valence-electron chi connectivity index (χ3n) is 14.7. The molecule has 0 atom stereocenters. The molecule has 0 rings (SSSR count). The molecule has 0 aromatic carbocycles. The Hall–Kier alpha value is -7.04. The largest absolute Gasteiger partial charge is 0.463 e. The van der Waals surface area contributed by atoms with E-state index in [1.54, 1.807) is 35.5 Å². The number of unbranched alkanes of at least 4 members (excludes halogenated alkanes) is 28. The van der Waals surface area contributed by atoms with E-state index in [9.17, 15) is 38.4 Å². The van der Waals surface area contributed by atoms with E-state index in [2.05, 4.69) is 105 Å². The second kappa shape index (κ2) is 123. The van der Waals surface area contributed by atoms with Crippen molar-refractivity contribution >= 4 is 47.8 Å². The summed E-state index contributed by atoms with van der Waals surface area (Å²) >= 11 is 0. The molecule has 0 aliphatic heterocycles. The highest BCUT2D eigenvalue weighted by Crippen LogP contribution is 2.10. The van der Waals surface area contributed by atoms with Gasteiger partial charge < -0.3 is 61.6 Å². The Labute approximate surface area is 690 Å². The number of methoxy groups -OCH3 is 5. The molecule has 21 nitrogen and oxygen atoms in total. The van der Waals surface area contributed by atoms with Gasteiger partial charge in [-0.2, -0.15) is 0 Å². The molecular formula is C92H168O21. The molecular weight excluding hydrogens is 1440 g/mol. The van der Waals surface area contributed by atoms with Crippen molar-refractivity contribution < 1.29 is 99.9 Å². The summed E-state index contributed by atoms with van der Waals surface area (Å²) < 4.78 is 62.7. The summed E-state index contributed by atoms with van der Waals surface area (Å²) in [6.45, 7) is 57.0. The van der Waals surface area contributed by atoms with Crippen molar-refractivity contribution in [2.75, 3.05) is 121 Å². The minimum atomic E-state index is -0.359. The van der Waals surface area contributed by atoms with E-state index >= 15 is 0 Å². The van der Waals surface area contributed by atoms with Crippen LogP contribution in [-0.4, -0.2) is 169 Å². The zero-order valence-corrected chi connectivity index (χ0v) is 74.0. The summed E-state index contributed by atoms with van der Waals surface area (Å²) in [6, 6.07) is 0. The van der Waals surface area contributed by atoms with Crippen LogP contribution in [0.25, 0.3) is 0 Å². The molecule has 0 N–H and O–H groups in total. The number of hydrogen-bond donors (Lipinski definition) is 0. The van der Waals surface area contributed by atoms with Gasteiger partial charge in [-0.05, 0) is 117 Å². The second-order valence-electron chi connectivity index (χ2n) is 25.7. The maximum atomic E-state index is 10.7. The van der Waals surface area contributed by atoms with Crippen LogP contribution in [0.1, 0.15) is 299 Å². The SMILES string of the molecule is C=C(C)CCCCCCOC.C=C(C)CCOC.C=CC(=O)OCCCC.C=CC(=O)OCCCCC.C=CC(=O)OCCCCCC.C=CC(=O)OCCCCCCC.C=CC(=O)OCCCCCCCCC.C=CC(=O)OCCCCCCCCOC.C=CC(=O)OCCCCCCOC.C=CC(=O)OCCCCOC. The standard InChI is InChI=1S/C12H22O3.C12H22O2.C10H18O3.C10H18O2.C10H20O.C9H16O2.C8H14O3.C8H14O2.C7H12O2.C6H12O/c1-3-12(13)15-11-9-7-5-4-6-8-10-14-2;1-3-5-6-7-8-9-10-11-14-12(13)4-2;1-3-10(11)13-9-7-5-4-6-8-12-2;1-3-5-6-7-8-9-12-10(11)4-2;1-10(2)8-6-4-5-7-9-11-3;1-3-5-6-7-8-11-9(10)4-2;1-3-8(9)11-7-5-4-6-10-2;1-3-5-6-7-10-8(9)4-2;1-3-5-6-9-7(8)4-2;1-6(2)4-5-7-3/h3H,1,4-11H2,2H3;4H,2-3,5-11H2,1H3;3H,1,4-9H2,2H3;4H,2-3,5-9H2,1H3;1,4-9H2,2-3H3;4H,2-3,5-8H2,1H3;3H,1,4-7H2,2H3;4H,2-3,5-7H2,1H3;4H,2-3,5-6H2,1H3;1,4-5H2,2-3H3. The number of rotatable bonds is 65. The summed E-state index contributed by atoms with van der Waals surface area (Å²) in [5, 5.41) is 0. The van der Waals surface area contributed by atoms with Crippen LogP contribution >= 0.6 is 0 Å². The lowest BCUT2D eigenvalue weighted by Crippen LogP contribution is -2.02. The number of esters is 8. The molecule has 0 unspecified atom stereocenters. The lowest BCUT2D eigenvalue weighted by molar-refractivity contribution is -0.138. The van der Waals surface area contributed by atoms with Gasteiger partial charge in [0.15, 0.2) is 0 Å². The van der Waals surface area contributed by atoms with E-state index in [-0.39, 0.29) is 47.8 Å². The zero-order valence-electron chi connectivity index (χ0n) is 74.0. The van der Waals surface area contributed by atoms with Gasteiger partial charge in [0.25, 0.3) is 0 Å². The first-order valence-electron chi connectivity index (χ1n) is 41.6. The summed E-state index contributed by atoms with van der Waals surface area (Å²) in [5.74, 6) is -2.61. The highest BCUT2D eigenvalue weighted by atomic mass is 16.6. The van der Waals surface area contributed by atoms with Gasteiger partial charge >= 0.3 is 47.8 Å². The van der Waals surface area contributed by atoms with Crippen molar-refractivity contribution in [3.63, 3.8) is 0 Å². The topological polar surface area (TPSA) is 257 Å². The quantitative estimate of drug-likeness (QED) is 0.0180. The lowest BCUT2D eigenvalue weighted by Gasteiger charge is -2.02. The van der Waals surface area contributed by atoms with Gasteiger partial charge in [0.1, 0.15) is 0 Å². The first-order valence-corrected chi connectivity index (χ1v) is 41.6. The Bertz CT molecular complexity index is 2140. The second-order valence-corrected chi connectivity index (χ2v) is 25.7. The zero-order chi connectivity index (χ0) is 87.4. The van der Waals surface area contributed by atoms with Gasteiger partial charge in [0.05, 0.1) is 52.9 Å². The maximum Gasteiger partial charge on any atom is 0.330 e. The van der Waals surface area contributed by atoms with Crippen molar-refractivity contribution in [3.8, 4) is 0 Å². The van der Waals surface area contributed by atoms with Crippen LogP contribution in [-0.2, 0) is 99.9 Å². The summed E-state index contributed by atoms with van der Waals surface area (Å²) in [7, 11) is 8.53. The van der Waals surface area contributed by atoms with Gasteiger partial charge in [0, 0.05) is 117 Å². The molecule has 21 heteroatoms. The Morgan fingerprint density at radius 3 is 0.522 bits per heavy atom. The van der Waals surface area contributed by atoms with Gasteiger partial charge in [-0.1, -0.05) is 246 Å². The predicted octanol–water partition coefficient (Wildman–Crippen LogP) is 22.4. The third kappa shape index (κ3) is 158. The summed E-state index contributed by atoms with van der Waals surface area (Å²) in [4.78, 5) is 84.2. The molecule has 0 aliphatic rings. The van der Waals surface area contributed by atoms with Crippen molar-refractivity contribution in [2.45, 2.75) is 299 Å². The van der Waals surface area contributed by atoms with Gasteiger partial charge in [0.2, 0.25) is 0 Å². The Morgan fingerprint density at radius 1 is 0.195 bits per heavy atom. The molecule has 0 aromatic heterocycles. The first kappa shape index (κ1) is 127. The summed E-state index contributed by atoms with van der Waals surface area (Å²) in [5.41, 5.74) is 2.48. The smallest absolute Gasteiger partial charge is 0.330 e. The van der Waals surface area contributed by atoms with Crippen molar-refractivity contribution in [3.05, 3.63) is 126 Å². The fourth-order valence-electron chi connectivity index (χ4n) is 8.05. The van der Waals surface area contributed by atoms with Crippen LogP contribution in [0.3, 0.4) is 0 Å². The van der Waals surface area contributed by atoms with Gasteiger partial charge in [-0.25, -0.2) is 38.4 Å². The lowest BCUT2D eigenvalue weighted by atomic mass is 10.1. The Morgan fingerprint density at radius 2 is 0.336 bits per heavy atom. The maximum absolute atomic E-state index is 10.7. The van der Waals surface area contributed by atoms with Gasteiger partial charge in [-0.3, -0.25) is 0 Å². The highest BCUT2D eigenvalue weighted by Gasteiger charge is 2.01. The number of ether oxygens (including phenoxy) is 13. The molecule has 0 aliphatic carbocycles. The van der Waals surface area contributed by atoms with Crippen LogP contribution in [0.15, 0.2) is 126 Å². The molecule has 0 heterocycles. The van der Waals surface area contributed by atoms with E-state index in [1.807, 2.05) is 13.8 Å². The van der Waals surface area contributed by atoms with E-state index in [1.165, 1.54) is 169 Å². The monoisotopic (exact) mass is 1610 g/mol. The molecule has 113 heavy (non-hydrogen) atoms. The van der Waals surface area contributed by atoms with E-state index in [0.29, 0.717) is 59.5 Å². The fraction of sp³-hybridized carbons (Fsp3) is 0.696. The molecule has 662 valence electrons. The minimum absolute atomic E-state index is 0.309. The fourth-order valence-corrected chi connectivity index (χ4v) is 8.05. The van der Waals surface area contributed by atoms with Crippen LogP contribution in [0.5, 0.6) is 0 Å². The molecule has 0 saturated carbocycles. The van der Waals surface area contributed by atoms with Crippen molar-refractivity contribution in [1.29, 1.82) is 0 Å². The molecule has 0 amide bonds. The number of hydrogen-bond acceptors (Lipinski definition) is 21. The number of allylic oxidation sites excluding steroid dienone is 1. The highest BCUT2D eigenvalue weighted by molar-refractivity contribution is 5.83. The Balaban J connectivity index is -0.000000131.